The number of carbonyl (C=O) groups is 1. The maximum absolute atomic E-state index is 13.8. The van der Waals surface area contributed by atoms with Gasteiger partial charge in [0.2, 0.25) is 0 Å². The van der Waals surface area contributed by atoms with E-state index in [-0.39, 0.29) is 18.6 Å². The highest BCUT2D eigenvalue weighted by Crippen LogP contribution is 2.22. The molecule has 3 heterocycles. The van der Waals surface area contributed by atoms with Crippen LogP contribution in [0.5, 0.6) is 0 Å². The Morgan fingerprint density at radius 1 is 1.40 bits per heavy atom. The van der Waals surface area contributed by atoms with Gasteiger partial charge in [-0.15, -0.1) is 10.2 Å². The molecule has 136 valence electrons. The molecule has 1 fully saturated rings. The second-order valence-electron chi connectivity index (χ2n) is 6.20. The zero-order valence-electron chi connectivity index (χ0n) is 14.3. The molecule has 0 bridgehead atoms. The number of hydrogen-bond donors (Lipinski definition) is 2. The number of rotatable bonds is 6. The molecule has 2 N–H and O–H groups in total. The summed E-state index contributed by atoms with van der Waals surface area (Å²) in [5, 5.41) is 21.0. The summed E-state index contributed by atoms with van der Waals surface area (Å²) in [6.07, 6.45) is 3.22. The van der Waals surface area contributed by atoms with Gasteiger partial charge >= 0.3 is 6.03 Å². The first-order valence-corrected chi connectivity index (χ1v) is 8.10. The highest BCUT2D eigenvalue weighted by Gasteiger charge is 2.32. The first-order valence-electron chi connectivity index (χ1n) is 8.10. The molecule has 10 nitrogen and oxygen atoms in total. The maximum atomic E-state index is 13.8. The van der Waals surface area contributed by atoms with Gasteiger partial charge < -0.3 is 10.6 Å². The topological polar surface area (TPSA) is 106 Å². The Hall–Kier alpha value is -2.56. The van der Waals surface area contributed by atoms with Crippen molar-refractivity contribution in [3.8, 4) is 0 Å². The van der Waals surface area contributed by atoms with E-state index in [1.54, 1.807) is 17.9 Å². The van der Waals surface area contributed by atoms with Crippen molar-refractivity contribution in [1.29, 1.82) is 0 Å². The van der Waals surface area contributed by atoms with Gasteiger partial charge in [0.25, 0.3) is 0 Å². The standard InChI is InChI=1S/C14H22FN9O/c1-22-7-10(4-18-22)8-24-9-11(15)3-12(24)5-16-14(25)17-6-13-19-21-23(2)20-13/h4,7,11-12H,3,5-6,8-9H2,1-2H3,(H2,16,17,25)/t11-,12-/m0/s1. The van der Waals surface area contributed by atoms with Crippen LogP contribution in [0.25, 0.3) is 0 Å². The van der Waals surface area contributed by atoms with Crippen molar-refractivity contribution in [2.24, 2.45) is 14.1 Å². The number of aromatic nitrogens is 6. The number of nitrogens with zero attached hydrogens (tertiary/aromatic N) is 7. The molecule has 1 saturated heterocycles. The second kappa shape index (κ2) is 7.55. The van der Waals surface area contributed by atoms with Gasteiger partial charge in [-0.1, -0.05) is 0 Å². The smallest absolute Gasteiger partial charge is 0.315 e. The van der Waals surface area contributed by atoms with Crippen LogP contribution in [0.1, 0.15) is 17.8 Å². The van der Waals surface area contributed by atoms with Crippen LogP contribution in [0.2, 0.25) is 0 Å². The van der Waals surface area contributed by atoms with Crippen LogP contribution in [-0.2, 0) is 27.2 Å². The minimum atomic E-state index is -0.879. The molecule has 2 aromatic heterocycles. The summed E-state index contributed by atoms with van der Waals surface area (Å²) in [5.41, 5.74) is 1.03. The largest absolute Gasteiger partial charge is 0.337 e. The zero-order valence-corrected chi connectivity index (χ0v) is 14.3. The second-order valence-corrected chi connectivity index (χ2v) is 6.20. The Balaban J connectivity index is 1.46. The van der Waals surface area contributed by atoms with Gasteiger partial charge in [-0.05, 0) is 11.6 Å². The van der Waals surface area contributed by atoms with Crippen LogP contribution in [0.4, 0.5) is 9.18 Å². The van der Waals surface area contributed by atoms with E-state index < -0.39 is 6.17 Å². The molecule has 1 aliphatic heterocycles. The molecule has 0 aromatic carbocycles. The van der Waals surface area contributed by atoms with Gasteiger partial charge in [0, 0.05) is 44.5 Å². The predicted octanol–water partition coefficient (Wildman–Crippen LogP) is -0.645. The molecule has 2 amide bonds. The first kappa shape index (κ1) is 17.3. The minimum Gasteiger partial charge on any atom is -0.337 e. The molecule has 0 spiro atoms. The Morgan fingerprint density at radius 2 is 2.24 bits per heavy atom. The van der Waals surface area contributed by atoms with Crippen molar-refractivity contribution in [2.75, 3.05) is 13.1 Å². The van der Waals surface area contributed by atoms with Crippen LogP contribution in [0.15, 0.2) is 12.4 Å². The number of carbonyl (C=O) groups excluding carboxylic acids is 1. The van der Waals surface area contributed by atoms with Crippen molar-refractivity contribution in [1.82, 2.24) is 45.5 Å². The molecule has 0 saturated carbocycles. The number of tetrazole rings is 1. The number of urea groups is 1. The fraction of sp³-hybridized carbons (Fsp3) is 0.643. The molecule has 0 radical (unpaired) electrons. The fourth-order valence-electron chi connectivity index (χ4n) is 2.94. The van der Waals surface area contributed by atoms with E-state index in [1.165, 1.54) is 4.80 Å². The summed E-state index contributed by atoms with van der Waals surface area (Å²) >= 11 is 0. The number of hydrogen-bond acceptors (Lipinski definition) is 6. The molecule has 11 heteroatoms. The number of amides is 2. The Labute approximate surface area is 144 Å². The van der Waals surface area contributed by atoms with E-state index in [1.807, 2.05) is 18.1 Å². The quantitative estimate of drug-likeness (QED) is 0.717. The van der Waals surface area contributed by atoms with E-state index in [0.717, 1.165) is 5.56 Å². The molecule has 1 aliphatic rings. The minimum absolute atomic E-state index is 0.0457. The van der Waals surface area contributed by atoms with Crippen LogP contribution in [-0.4, -0.2) is 66.2 Å². The Kier molecular flexibility index (Phi) is 5.22. The average Bonchev–Trinajstić information content (AvgIpc) is 3.25. The van der Waals surface area contributed by atoms with Crippen molar-refractivity contribution in [3.05, 3.63) is 23.8 Å². The van der Waals surface area contributed by atoms with Crippen molar-refractivity contribution >= 4 is 6.03 Å². The lowest BCUT2D eigenvalue weighted by Gasteiger charge is -2.23. The Morgan fingerprint density at radius 3 is 2.92 bits per heavy atom. The predicted molar refractivity (Wildman–Crippen MR) is 86.0 cm³/mol. The molecule has 3 rings (SSSR count). The first-order chi connectivity index (χ1) is 12.0. The summed E-state index contributed by atoms with van der Waals surface area (Å²) in [5.74, 6) is 0.431. The van der Waals surface area contributed by atoms with E-state index in [0.29, 0.717) is 31.9 Å². The van der Waals surface area contributed by atoms with Crippen molar-refractivity contribution < 1.29 is 9.18 Å². The van der Waals surface area contributed by atoms with Crippen molar-refractivity contribution in [2.45, 2.75) is 31.7 Å². The molecule has 2 aromatic rings. The summed E-state index contributed by atoms with van der Waals surface area (Å²) in [7, 11) is 3.50. The highest BCUT2D eigenvalue weighted by molar-refractivity contribution is 5.73. The molecular weight excluding hydrogens is 329 g/mol. The number of aryl methyl sites for hydroxylation is 2. The molecule has 2 atom stereocenters. The lowest BCUT2D eigenvalue weighted by molar-refractivity contribution is 0.218. The summed E-state index contributed by atoms with van der Waals surface area (Å²) < 4.78 is 15.5. The number of alkyl halides is 1. The molecule has 0 unspecified atom stereocenters. The zero-order chi connectivity index (χ0) is 17.8. The van der Waals surface area contributed by atoms with Gasteiger partial charge in [-0.25, -0.2) is 9.18 Å². The van der Waals surface area contributed by atoms with Gasteiger partial charge in [-0.2, -0.15) is 9.90 Å². The van der Waals surface area contributed by atoms with Crippen LogP contribution in [0.3, 0.4) is 0 Å². The maximum Gasteiger partial charge on any atom is 0.315 e. The van der Waals surface area contributed by atoms with E-state index in [2.05, 4.69) is 31.1 Å². The summed E-state index contributed by atoms with van der Waals surface area (Å²) in [6, 6.07) is -0.383. The third-order valence-electron chi connectivity index (χ3n) is 4.08. The molecule has 0 aliphatic carbocycles. The van der Waals surface area contributed by atoms with Gasteiger partial charge in [0.05, 0.1) is 19.8 Å². The van der Waals surface area contributed by atoms with Gasteiger partial charge in [0.1, 0.15) is 6.17 Å². The monoisotopic (exact) mass is 351 g/mol. The fourth-order valence-corrected chi connectivity index (χ4v) is 2.94. The lowest BCUT2D eigenvalue weighted by Crippen LogP contribution is -2.43. The lowest BCUT2D eigenvalue weighted by atomic mass is 10.2. The molecule has 25 heavy (non-hydrogen) atoms. The normalized spacial score (nSPS) is 20.8. The third-order valence-corrected chi connectivity index (χ3v) is 4.08. The average molecular weight is 351 g/mol. The van der Waals surface area contributed by atoms with E-state index in [9.17, 15) is 9.18 Å². The highest BCUT2D eigenvalue weighted by atomic mass is 19.1. The summed E-state index contributed by atoms with van der Waals surface area (Å²) in [4.78, 5) is 15.3. The number of nitrogens with one attached hydrogen (secondary N) is 2. The van der Waals surface area contributed by atoms with Gasteiger partial charge in [0.15, 0.2) is 5.82 Å². The number of likely N-dealkylation sites (tertiary alicyclic amines) is 1. The summed E-state index contributed by atoms with van der Waals surface area (Å²) in [6.45, 7) is 1.55. The number of halogens is 1. The van der Waals surface area contributed by atoms with Crippen molar-refractivity contribution in [3.63, 3.8) is 0 Å². The van der Waals surface area contributed by atoms with Crippen LogP contribution >= 0.6 is 0 Å². The van der Waals surface area contributed by atoms with E-state index >= 15 is 0 Å². The Bertz CT molecular complexity index is 715. The van der Waals surface area contributed by atoms with Crippen LogP contribution < -0.4 is 10.6 Å². The third kappa shape index (κ3) is 4.72. The van der Waals surface area contributed by atoms with E-state index in [4.69, 9.17) is 0 Å². The van der Waals surface area contributed by atoms with Crippen LogP contribution in [0, 0.1) is 0 Å². The van der Waals surface area contributed by atoms with Gasteiger partial charge in [-0.3, -0.25) is 9.58 Å². The molecular formula is C14H22FN9O. The SMILES string of the molecule is Cn1cc(CN2C[C@@H](F)C[C@H]2CNC(=O)NCc2nnn(C)n2)cn1.